The fraction of sp³-hybridized carbons (Fsp3) is 0.654. The molecule has 1 unspecified atom stereocenters. The summed E-state index contributed by atoms with van der Waals surface area (Å²) < 4.78 is 0. The van der Waals surface area contributed by atoms with E-state index in [1.54, 1.807) is 6.92 Å². The molecule has 3 fully saturated rings. The Morgan fingerprint density at radius 1 is 1.06 bits per heavy atom. The highest BCUT2D eigenvalue weighted by molar-refractivity contribution is 5.81. The van der Waals surface area contributed by atoms with Gasteiger partial charge < -0.3 is 14.9 Å². The molecule has 1 N–H and O–H groups in total. The van der Waals surface area contributed by atoms with Crippen LogP contribution < -0.4 is 5.01 Å². The molecule has 4 aliphatic rings. The SMILES string of the molecule is CC(=O)N1CCN(Cc2cccc(N3N=CCC3CC3(O)CCN(C(=O)C4CC4)CC3)c2)CC1. The van der Waals surface area contributed by atoms with E-state index in [1.165, 1.54) is 5.56 Å². The maximum Gasteiger partial charge on any atom is 0.225 e. The van der Waals surface area contributed by atoms with Crippen molar-refractivity contribution in [3.8, 4) is 0 Å². The number of piperidine rings is 1. The van der Waals surface area contributed by atoms with Crippen LogP contribution in [0.25, 0.3) is 0 Å². The lowest BCUT2D eigenvalue weighted by molar-refractivity contribution is -0.137. The molecule has 34 heavy (non-hydrogen) atoms. The van der Waals surface area contributed by atoms with E-state index in [1.807, 2.05) is 16.0 Å². The normalized spacial score (nSPS) is 25.1. The van der Waals surface area contributed by atoms with Crippen molar-refractivity contribution in [3.05, 3.63) is 29.8 Å². The number of aliphatic hydroxyl groups is 1. The highest BCUT2D eigenvalue weighted by Gasteiger charge is 2.41. The fourth-order valence-electron chi connectivity index (χ4n) is 5.55. The van der Waals surface area contributed by atoms with E-state index in [0.29, 0.717) is 32.4 Å². The van der Waals surface area contributed by atoms with Gasteiger partial charge in [-0.05, 0) is 49.8 Å². The maximum absolute atomic E-state index is 12.4. The number of nitrogens with zero attached hydrogens (tertiary/aromatic N) is 5. The summed E-state index contributed by atoms with van der Waals surface area (Å²) in [4.78, 5) is 30.2. The zero-order valence-corrected chi connectivity index (χ0v) is 20.2. The van der Waals surface area contributed by atoms with Crippen molar-refractivity contribution in [2.45, 2.75) is 63.6 Å². The number of hydrazone groups is 1. The van der Waals surface area contributed by atoms with Gasteiger partial charge in [-0.1, -0.05) is 12.1 Å². The summed E-state index contributed by atoms with van der Waals surface area (Å²) in [5, 5.41) is 18.0. The zero-order valence-electron chi connectivity index (χ0n) is 20.2. The Bertz CT molecular complexity index is 930. The van der Waals surface area contributed by atoms with Crippen molar-refractivity contribution >= 4 is 23.7 Å². The van der Waals surface area contributed by atoms with E-state index in [0.717, 1.165) is 57.7 Å². The van der Waals surface area contributed by atoms with Crippen LogP contribution in [0.2, 0.25) is 0 Å². The number of anilines is 1. The third-order valence-corrected chi connectivity index (χ3v) is 7.88. The van der Waals surface area contributed by atoms with Gasteiger partial charge in [0.2, 0.25) is 11.8 Å². The number of hydrogen-bond acceptors (Lipinski definition) is 6. The predicted octanol–water partition coefficient (Wildman–Crippen LogP) is 2.07. The van der Waals surface area contributed by atoms with Crippen LogP contribution in [-0.2, 0) is 16.1 Å². The summed E-state index contributed by atoms with van der Waals surface area (Å²) >= 11 is 0. The van der Waals surface area contributed by atoms with Crippen LogP contribution >= 0.6 is 0 Å². The van der Waals surface area contributed by atoms with Crippen molar-refractivity contribution in [3.63, 3.8) is 0 Å². The third kappa shape index (κ3) is 5.28. The van der Waals surface area contributed by atoms with E-state index in [4.69, 9.17) is 0 Å². The Hall–Kier alpha value is -2.45. The first-order valence-corrected chi connectivity index (χ1v) is 12.8. The number of hydrogen-bond donors (Lipinski definition) is 1. The molecule has 0 radical (unpaired) electrons. The number of likely N-dealkylation sites (tertiary alicyclic amines) is 1. The molecule has 5 rings (SSSR count). The Kier molecular flexibility index (Phi) is 6.62. The topological polar surface area (TPSA) is 79.7 Å². The second kappa shape index (κ2) is 9.66. The molecule has 1 aromatic carbocycles. The average Bonchev–Trinajstić information content (AvgIpc) is 3.59. The van der Waals surface area contributed by atoms with Gasteiger partial charge >= 0.3 is 0 Å². The maximum atomic E-state index is 12.4. The van der Waals surface area contributed by atoms with Gasteiger partial charge in [-0.3, -0.25) is 19.5 Å². The minimum Gasteiger partial charge on any atom is -0.390 e. The number of piperazine rings is 1. The summed E-state index contributed by atoms with van der Waals surface area (Å²) in [5.74, 6) is 0.684. The van der Waals surface area contributed by atoms with Gasteiger partial charge in [0, 0.05) is 71.3 Å². The lowest BCUT2D eigenvalue weighted by atomic mass is 9.84. The monoisotopic (exact) mass is 467 g/mol. The van der Waals surface area contributed by atoms with Crippen molar-refractivity contribution in [1.82, 2.24) is 14.7 Å². The van der Waals surface area contributed by atoms with Crippen molar-refractivity contribution in [1.29, 1.82) is 0 Å². The van der Waals surface area contributed by atoms with Crippen molar-refractivity contribution < 1.29 is 14.7 Å². The fourth-order valence-corrected chi connectivity index (χ4v) is 5.55. The van der Waals surface area contributed by atoms with Crippen LogP contribution in [0, 0.1) is 5.92 Å². The van der Waals surface area contributed by atoms with Gasteiger partial charge in [0.05, 0.1) is 17.3 Å². The summed E-state index contributed by atoms with van der Waals surface area (Å²) in [6, 6.07) is 8.65. The molecular weight excluding hydrogens is 430 g/mol. The number of amides is 2. The largest absolute Gasteiger partial charge is 0.390 e. The minimum atomic E-state index is -0.745. The van der Waals surface area contributed by atoms with Crippen LogP contribution in [0.15, 0.2) is 29.4 Å². The van der Waals surface area contributed by atoms with E-state index < -0.39 is 5.60 Å². The molecule has 3 aliphatic heterocycles. The number of carbonyl (C=O) groups excluding carboxylic acids is 2. The highest BCUT2D eigenvalue weighted by Crippen LogP contribution is 2.36. The number of carbonyl (C=O) groups is 2. The zero-order chi connectivity index (χ0) is 23.7. The Balaban J connectivity index is 1.17. The van der Waals surface area contributed by atoms with Gasteiger partial charge in [0.15, 0.2) is 0 Å². The standard InChI is InChI=1S/C26H37N5O3/c1-20(32)29-15-13-28(14-16-29)19-21-3-2-4-23(17-21)31-24(7-10-27-31)18-26(34)8-11-30(12-9-26)25(33)22-5-6-22/h2-4,10,17,22,24,34H,5-9,11-16,18-19H2,1H3. The van der Waals surface area contributed by atoms with Crippen LogP contribution in [0.3, 0.4) is 0 Å². The van der Waals surface area contributed by atoms with E-state index in [9.17, 15) is 14.7 Å². The molecule has 1 atom stereocenters. The number of rotatable bonds is 6. The summed E-state index contributed by atoms with van der Waals surface area (Å²) in [7, 11) is 0. The van der Waals surface area contributed by atoms with Gasteiger partial charge in [-0.2, -0.15) is 5.10 Å². The minimum absolute atomic E-state index is 0.130. The van der Waals surface area contributed by atoms with Crippen molar-refractivity contribution in [2.24, 2.45) is 11.0 Å². The van der Waals surface area contributed by atoms with Crippen molar-refractivity contribution in [2.75, 3.05) is 44.3 Å². The van der Waals surface area contributed by atoms with Gasteiger partial charge in [-0.25, -0.2) is 0 Å². The molecular formula is C26H37N5O3. The van der Waals surface area contributed by atoms with E-state index in [2.05, 4.69) is 39.3 Å². The van der Waals surface area contributed by atoms with Gasteiger partial charge in [-0.15, -0.1) is 0 Å². The first kappa shape index (κ1) is 23.3. The second-order valence-electron chi connectivity index (χ2n) is 10.5. The molecule has 0 bridgehead atoms. The van der Waals surface area contributed by atoms with E-state index in [-0.39, 0.29) is 23.8 Å². The number of benzene rings is 1. The molecule has 2 saturated heterocycles. The smallest absolute Gasteiger partial charge is 0.225 e. The van der Waals surface area contributed by atoms with E-state index >= 15 is 0 Å². The summed E-state index contributed by atoms with van der Waals surface area (Å²) in [5.41, 5.74) is 1.55. The average molecular weight is 468 g/mol. The summed E-state index contributed by atoms with van der Waals surface area (Å²) in [6.45, 7) is 7.17. The summed E-state index contributed by atoms with van der Waals surface area (Å²) in [6.07, 6.45) is 6.78. The Morgan fingerprint density at radius 3 is 2.47 bits per heavy atom. The molecule has 8 nitrogen and oxygen atoms in total. The van der Waals surface area contributed by atoms with Crippen LogP contribution in [0.4, 0.5) is 5.69 Å². The first-order chi connectivity index (χ1) is 16.4. The molecule has 0 aromatic heterocycles. The predicted molar refractivity (Wildman–Crippen MR) is 131 cm³/mol. The molecule has 0 spiro atoms. The molecule has 1 saturated carbocycles. The molecule has 8 heteroatoms. The lowest BCUT2D eigenvalue weighted by Gasteiger charge is -2.40. The molecule has 2 amide bonds. The van der Waals surface area contributed by atoms with Crippen LogP contribution in [-0.4, -0.2) is 88.7 Å². The van der Waals surface area contributed by atoms with Gasteiger partial charge in [0.1, 0.15) is 0 Å². The third-order valence-electron chi connectivity index (χ3n) is 7.88. The lowest BCUT2D eigenvalue weighted by Crippen LogP contribution is -2.49. The Morgan fingerprint density at radius 2 is 1.79 bits per heavy atom. The van der Waals surface area contributed by atoms with Crippen LogP contribution in [0.1, 0.15) is 51.0 Å². The van der Waals surface area contributed by atoms with Gasteiger partial charge in [0.25, 0.3) is 0 Å². The Labute approximate surface area is 202 Å². The molecule has 3 heterocycles. The first-order valence-electron chi connectivity index (χ1n) is 12.8. The molecule has 1 aromatic rings. The molecule has 184 valence electrons. The molecule has 1 aliphatic carbocycles. The second-order valence-corrected chi connectivity index (χ2v) is 10.5. The quantitative estimate of drug-likeness (QED) is 0.693. The van der Waals surface area contributed by atoms with Crippen LogP contribution in [0.5, 0.6) is 0 Å². The highest BCUT2D eigenvalue weighted by atomic mass is 16.3.